The van der Waals surface area contributed by atoms with Crippen molar-refractivity contribution in [3.8, 4) is 0 Å². The summed E-state index contributed by atoms with van der Waals surface area (Å²) in [5.41, 5.74) is 0.139. The Labute approximate surface area is 143 Å². The number of hydrogen-bond donors (Lipinski definition) is 1. The van der Waals surface area contributed by atoms with Crippen molar-refractivity contribution in [3.05, 3.63) is 12.2 Å². The molecule has 0 aromatic carbocycles. The molecule has 0 heterocycles. The van der Waals surface area contributed by atoms with Crippen LogP contribution < -0.4 is 34.7 Å². The van der Waals surface area contributed by atoms with Crippen LogP contribution in [0.15, 0.2) is 12.2 Å². The van der Waals surface area contributed by atoms with Crippen LogP contribution in [0, 0.1) is 0 Å². The summed E-state index contributed by atoms with van der Waals surface area (Å²) in [4.78, 5) is 32.5. The molecule has 0 aromatic rings. The molecule has 1 N–H and O–H groups in total. The summed E-state index contributed by atoms with van der Waals surface area (Å²) in [5.74, 6) is -4.03. The van der Waals surface area contributed by atoms with Crippen LogP contribution in [-0.4, -0.2) is 49.3 Å². The van der Waals surface area contributed by atoms with Gasteiger partial charge in [-0.2, -0.15) is 8.42 Å². The zero-order valence-corrected chi connectivity index (χ0v) is 14.3. The van der Waals surface area contributed by atoms with Crippen molar-refractivity contribution in [3.63, 3.8) is 0 Å². The van der Waals surface area contributed by atoms with E-state index in [4.69, 9.17) is 4.55 Å². The number of esters is 2. The minimum Gasteiger partial charge on any atom is -0.549 e. The molecule has 0 rings (SSSR count). The van der Waals surface area contributed by atoms with Gasteiger partial charge in [-0.05, 0) is 6.92 Å². The van der Waals surface area contributed by atoms with Gasteiger partial charge >= 0.3 is 41.5 Å². The van der Waals surface area contributed by atoms with Gasteiger partial charge in [0.25, 0.3) is 10.1 Å². The van der Waals surface area contributed by atoms with Gasteiger partial charge in [-0.1, -0.05) is 6.58 Å². The van der Waals surface area contributed by atoms with E-state index in [9.17, 15) is 27.9 Å². The van der Waals surface area contributed by atoms with Gasteiger partial charge in [-0.25, -0.2) is 4.79 Å². The Morgan fingerprint density at radius 2 is 1.71 bits per heavy atom. The predicted molar refractivity (Wildman–Crippen MR) is 61.7 cm³/mol. The molecular formula is C10H13NaO9S. The van der Waals surface area contributed by atoms with E-state index >= 15 is 0 Å². The Balaban J connectivity index is 0. The molecule has 21 heavy (non-hydrogen) atoms. The summed E-state index contributed by atoms with van der Waals surface area (Å²) < 4.78 is 38.9. The number of carbonyl (C=O) groups excluding carboxylic acids is 3. The van der Waals surface area contributed by atoms with Gasteiger partial charge in [0.05, 0.1) is 12.4 Å². The van der Waals surface area contributed by atoms with Crippen LogP contribution in [0.4, 0.5) is 0 Å². The fourth-order valence-corrected chi connectivity index (χ4v) is 1.52. The smallest absolute Gasteiger partial charge is 0.549 e. The molecule has 9 nitrogen and oxygen atoms in total. The largest absolute Gasteiger partial charge is 1.00 e. The Morgan fingerprint density at radius 1 is 1.24 bits per heavy atom. The average molecular weight is 332 g/mol. The Morgan fingerprint density at radius 3 is 2.10 bits per heavy atom. The van der Waals surface area contributed by atoms with Crippen molar-refractivity contribution in [2.45, 2.75) is 18.6 Å². The first kappa shape index (κ1) is 22.3. The first-order valence-electron chi connectivity index (χ1n) is 5.21. The van der Waals surface area contributed by atoms with Gasteiger partial charge < -0.3 is 19.4 Å². The second-order valence-corrected chi connectivity index (χ2v) is 5.26. The molecule has 0 aromatic heterocycles. The molecule has 0 amide bonds. The number of carboxylic acids is 1. The molecule has 114 valence electrons. The van der Waals surface area contributed by atoms with Crippen LogP contribution in [0.2, 0.25) is 0 Å². The van der Waals surface area contributed by atoms with Crippen LogP contribution >= 0.6 is 0 Å². The zero-order valence-electron chi connectivity index (χ0n) is 11.5. The van der Waals surface area contributed by atoms with Gasteiger partial charge in [0.2, 0.25) is 0 Å². The van der Waals surface area contributed by atoms with E-state index < -0.39 is 46.3 Å². The van der Waals surface area contributed by atoms with Crippen molar-refractivity contribution in [1.82, 2.24) is 0 Å². The van der Waals surface area contributed by atoms with Gasteiger partial charge in [0.1, 0.15) is 18.5 Å². The molecular weight excluding hydrogens is 319 g/mol. The van der Waals surface area contributed by atoms with Crippen LogP contribution in [0.3, 0.4) is 0 Å². The Bertz CT molecular complexity index is 511. The molecule has 0 bridgehead atoms. The fourth-order valence-electron chi connectivity index (χ4n) is 0.934. The van der Waals surface area contributed by atoms with Crippen LogP contribution in [-0.2, 0) is 34.0 Å². The van der Waals surface area contributed by atoms with E-state index in [1.165, 1.54) is 6.92 Å². The quantitative estimate of drug-likeness (QED) is 0.152. The van der Waals surface area contributed by atoms with Crippen molar-refractivity contribution < 1.29 is 71.5 Å². The second-order valence-electron chi connectivity index (χ2n) is 3.66. The third-order valence-electron chi connectivity index (χ3n) is 1.90. The SMILES string of the molecule is C=C(C)C(=O)OCCOC(=O)CC(C(=O)[O-])S(=O)(=O)O.[Na+]. The Hall–Kier alpha value is -0.940. The number of rotatable bonds is 8. The molecule has 1 unspecified atom stereocenters. The molecule has 0 fully saturated rings. The molecule has 11 heteroatoms. The zero-order chi connectivity index (χ0) is 15.9. The van der Waals surface area contributed by atoms with Crippen molar-refractivity contribution >= 4 is 28.0 Å². The van der Waals surface area contributed by atoms with Gasteiger partial charge in [-0.15, -0.1) is 0 Å². The van der Waals surface area contributed by atoms with E-state index in [0.717, 1.165) is 0 Å². The van der Waals surface area contributed by atoms with E-state index in [2.05, 4.69) is 16.1 Å². The summed E-state index contributed by atoms with van der Waals surface area (Å²) >= 11 is 0. The molecule has 0 aliphatic rings. The average Bonchev–Trinajstić information content (AvgIpc) is 2.29. The van der Waals surface area contributed by atoms with E-state index in [1.807, 2.05) is 0 Å². The summed E-state index contributed by atoms with van der Waals surface area (Å²) in [7, 11) is -4.97. The minimum atomic E-state index is -4.97. The summed E-state index contributed by atoms with van der Waals surface area (Å²) in [6.07, 6.45) is -1.12. The number of aliphatic carboxylic acids is 1. The number of ether oxygens (including phenoxy) is 2. The first-order chi connectivity index (χ1) is 9.05. The number of hydrogen-bond acceptors (Lipinski definition) is 8. The standard InChI is InChI=1S/C10H14O9S.Na/c1-6(2)10(14)19-4-3-18-8(11)5-7(9(12)13)20(15,16)17;/h7H,1,3-5H2,2H3,(H,12,13)(H,15,16,17);/q;+1/p-1. The molecule has 0 aliphatic carbocycles. The second kappa shape index (κ2) is 9.90. The fraction of sp³-hybridized carbons (Fsp3) is 0.500. The minimum absolute atomic E-state index is 0. The molecule has 0 radical (unpaired) electrons. The maximum atomic E-state index is 11.1. The maximum Gasteiger partial charge on any atom is 1.00 e. The third kappa shape index (κ3) is 9.58. The van der Waals surface area contributed by atoms with Crippen LogP contribution in [0.1, 0.15) is 13.3 Å². The first-order valence-corrected chi connectivity index (χ1v) is 6.71. The van der Waals surface area contributed by atoms with Crippen molar-refractivity contribution in [2.24, 2.45) is 0 Å². The van der Waals surface area contributed by atoms with Gasteiger partial charge in [-0.3, -0.25) is 9.35 Å². The summed E-state index contributed by atoms with van der Waals surface area (Å²) in [5, 5.41) is 8.03. The summed E-state index contributed by atoms with van der Waals surface area (Å²) in [6, 6.07) is 0. The van der Waals surface area contributed by atoms with Crippen molar-refractivity contribution in [1.29, 1.82) is 0 Å². The molecule has 1 atom stereocenters. The molecule has 0 saturated heterocycles. The summed E-state index contributed by atoms with van der Waals surface area (Å²) in [6.45, 7) is 4.01. The molecule has 0 saturated carbocycles. The van der Waals surface area contributed by atoms with E-state index in [1.54, 1.807) is 0 Å². The van der Waals surface area contributed by atoms with Gasteiger partial charge in [0, 0.05) is 5.57 Å². The van der Waals surface area contributed by atoms with Gasteiger partial charge in [0.15, 0.2) is 0 Å². The maximum absolute atomic E-state index is 11.1. The van der Waals surface area contributed by atoms with E-state index in [0.29, 0.717) is 0 Å². The molecule has 0 spiro atoms. The van der Waals surface area contributed by atoms with Crippen LogP contribution in [0.5, 0.6) is 0 Å². The number of carbonyl (C=O) groups is 3. The Kier molecular flexibility index (Phi) is 10.5. The van der Waals surface area contributed by atoms with Crippen LogP contribution in [0.25, 0.3) is 0 Å². The third-order valence-corrected chi connectivity index (χ3v) is 2.98. The predicted octanol–water partition coefficient (Wildman–Crippen LogP) is -4.95. The monoisotopic (exact) mass is 332 g/mol. The van der Waals surface area contributed by atoms with E-state index in [-0.39, 0.29) is 41.7 Å². The normalized spacial score (nSPS) is 11.7. The topological polar surface area (TPSA) is 147 Å². The molecule has 0 aliphatic heterocycles. The van der Waals surface area contributed by atoms with Crippen molar-refractivity contribution in [2.75, 3.05) is 13.2 Å². The number of carboxylic acid groups (broad SMARTS) is 1.